The molecule has 0 fully saturated rings. The molecule has 5 heteroatoms. The van der Waals surface area contributed by atoms with E-state index in [1.54, 1.807) is 0 Å². The van der Waals surface area contributed by atoms with Gasteiger partial charge in [-0.25, -0.2) is 0 Å². The molecule has 2 N–H and O–H groups in total. The molecule has 5 nitrogen and oxygen atoms in total. The van der Waals surface area contributed by atoms with Crippen LogP contribution >= 0.6 is 0 Å². The number of benzene rings is 1. The highest BCUT2D eigenvalue weighted by molar-refractivity contribution is 5.71. The van der Waals surface area contributed by atoms with Crippen molar-refractivity contribution in [3.63, 3.8) is 0 Å². The number of rotatable bonds is 3. The fourth-order valence-electron chi connectivity index (χ4n) is 0.864. The molecule has 0 atom stereocenters. The summed E-state index contributed by atoms with van der Waals surface area (Å²) in [5.74, 6) is 0.430. The van der Waals surface area contributed by atoms with Crippen LogP contribution in [-0.2, 0) is 4.79 Å². The van der Waals surface area contributed by atoms with Gasteiger partial charge in [0.1, 0.15) is 11.5 Å². The zero-order valence-corrected chi connectivity index (χ0v) is 7.90. The lowest BCUT2D eigenvalue weighted by molar-refractivity contribution is -0.125. The molecule has 0 saturated carbocycles. The molecule has 1 aromatic rings. The van der Waals surface area contributed by atoms with E-state index in [4.69, 9.17) is 9.57 Å². The van der Waals surface area contributed by atoms with Gasteiger partial charge in [0.15, 0.2) is 5.75 Å². The number of methoxy groups -OCH3 is 1. The van der Waals surface area contributed by atoms with E-state index in [1.807, 2.05) is 0 Å². The molecule has 0 radical (unpaired) electrons. The summed E-state index contributed by atoms with van der Waals surface area (Å²) < 4.78 is 4.89. The number of amides is 1. The number of carbonyl (C=O) groups is 1. The van der Waals surface area contributed by atoms with E-state index in [2.05, 4.69) is 5.48 Å². The maximum absolute atomic E-state index is 10.5. The molecular formula is C9H11NO4. The van der Waals surface area contributed by atoms with Crippen molar-refractivity contribution in [2.75, 3.05) is 7.11 Å². The van der Waals surface area contributed by atoms with Crippen LogP contribution in [0.2, 0.25) is 0 Å². The maximum atomic E-state index is 10.5. The SMILES string of the molecule is COc1cc(O)cc(ONC(C)=O)c1. The standard InChI is InChI=1S/C9H11NO4/c1-6(11)10-14-9-4-7(12)3-8(5-9)13-2/h3-5,12H,1-2H3,(H,10,11). The molecule has 76 valence electrons. The first-order valence-corrected chi connectivity index (χ1v) is 3.93. The average Bonchev–Trinajstić information content (AvgIpc) is 2.14. The van der Waals surface area contributed by atoms with Gasteiger partial charge >= 0.3 is 0 Å². The summed E-state index contributed by atoms with van der Waals surface area (Å²) in [5.41, 5.74) is 2.13. The minimum absolute atomic E-state index is 0.00435. The third-order valence-corrected chi connectivity index (χ3v) is 1.41. The van der Waals surface area contributed by atoms with Crippen molar-refractivity contribution in [2.24, 2.45) is 0 Å². The third-order valence-electron chi connectivity index (χ3n) is 1.41. The topological polar surface area (TPSA) is 67.8 Å². The fraction of sp³-hybridized carbons (Fsp3) is 0.222. The highest BCUT2D eigenvalue weighted by Gasteiger charge is 2.02. The zero-order valence-electron chi connectivity index (χ0n) is 7.90. The van der Waals surface area contributed by atoms with Crippen LogP contribution in [0.3, 0.4) is 0 Å². The largest absolute Gasteiger partial charge is 0.508 e. The van der Waals surface area contributed by atoms with Crippen molar-refractivity contribution < 1.29 is 19.5 Å². The highest BCUT2D eigenvalue weighted by atomic mass is 16.7. The Balaban J connectivity index is 2.76. The van der Waals surface area contributed by atoms with Gasteiger partial charge in [0, 0.05) is 25.1 Å². The number of hydroxylamine groups is 1. The second-order valence-corrected chi connectivity index (χ2v) is 2.63. The minimum atomic E-state index is -0.327. The lowest BCUT2D eigenvalue weighted by Crippen LogP contribution is -2.23. The predicted octanol–water partition coefficient (Wildman–Crippen LogP) is 0.831. The van der Waals surface area contributed by atoms with Crippen molar-refractivity contribution in [3.8, 4) is 17.2 Å². The summed E-state index contributed by atoms with van der Waals surface area (Å²) in [6.07, 6.45) is 0. The second-order valence-electron chi connectivity index (χ2n) is 2.63. The summed E-state index contributed by atoms with van der Waals surface area (Å²) in [4.78, 5) is 15.4. The first kappa shape index (κ1) is 10.2. The van der Waals surface area contributed by atoms with Gasteiger partial charge in [-0.05, 0) is 0 Å². The fourth-order valence-corrected chi connectivity index (χ4v) is 0.864. The Morgan fingerprint density at radius 3 is 2.57 bits per heavy atom. The van der Waals surface area contributed by atoms with Gasteiger partial charge in [-0.1, -0.05) is 0 Å². The van der Waals surface area contributed by atoms with Gasteiger partial charge in [0.05, 0.1) is 7.11 Å². The van der Waals surface area contributed by atoms with E-state index in [0.717, 1.165) is 0 Å². The Kier molecular flexibility index (Phi) is 3.17. The van der Waals surface area contributed by atoms with Crippen LogP contribution in [0, 0.1) is 0 Å². The first-order valence-electron chi connectivity index (χ1n) is 3.93. The van der Waals surface area contributed by atoms with E-state index in [9.17, 15) is 9.90 Å². The van der Waals surface area contributed by atoms with Crippen LogP contribution in [0.4, 0.5) is 0 Å². The van der Waals surface area contributed by atoms with Gasteiger partial charge in [0.25, 0.3) is 0 Å². The Hall–Kier alpha value is -1.91. The normalized spacial score (nSPS) is 9.29. The van der Waals surface area contributed by atoms with Gasteiger partial charge in [-0.2, -0.15) is 5.48 Å². The molecular weight excluding hydrogens is 186 g/mol. The minimum Gasteiger partial charge on any atom is -0.508 e. The number of carbonyl (C=O) groups excluding carboxylic acids is 1. The van der Waals surface area contributed by atoms with E-state index < -0.39 is 0 Å². The smallest absolute Gasteiger partial charge is 0.249 e. The molecule has 1 aromatic carbocycles. The van der Waals surface area contributed by atoms with Crippen LogP contribution < -0.4 is 15.1 Å². The van der Waals surface area contributed by atoms with Gasteiger partial charge in [-0.3, -0.25) is 4.79 Å². The molecule has 1 rings (SSSR count). The molecule has 0 aliphatic heterocycles. The number of ether oxygens (including phenoxy) is 1. The monoisotopic (exact) mass is 197 g/mol. The number of aromatic hydroxyl groups is 1. The molecule has 1 amide bonds. The van der Waals surface area contributed by atoms with Gasteiger partial charge < -0.3 is 14.7 Å². The van der Waals surface area contributed by atoms with Crippen molar-refractivity contribution in [1.82, 2.24) is 5.48 Å². The second kappa shape index (κ2) is 4.36. The lowest BCUT2D eigenvalue weighted by Gasteiger charge is -2.07. The number of phenolic OH excluding ortho intramolecular Hbond substituents is 1. The Bertz CT molecular complexity index is 338. The summed E-state index contributed by atoms with van der Waals surface area (Å²) in [5, 5.41) is 9.22. The molecule has 0 spiro atoms. The van der Waals surface area contributed by atoms with Gasteiger partial charge in [0.2, 0.25) is 5.91 Å². The molecule has 0 bridgehead atoms. The number of nitrogens with one attached hydrogen (secondary N) is 1. The predicted molar refractivity (Wildman–Crippen MR) is 49.1 cm³/mol. The summed E-state index contributed by atoms with van der Waals surface area (Å²) >= 11 is 0. The molecule has 0 heterocycles. The summed E-state index contributed by atoms with van der Waals surface area (Å²) in [7, 11) is 1.47. The number of hydrogen-bond acceptors (Lipinski definition) is 4. The molecule has 14 heavy (non-hydrogen) atoms. The molecule has 0 aliphatic carbocycles. The summed E-state index contributed by atoms with van der Waals surface area (Å²) in [6, 6.07) is 4.33. The van der Waals surface area contributed by atoms with Crippen molar-refractivity contribution in [3.05, 3.63) is 18.2 Å². The van der Waals surface area contributed by atoms with Crippen LogP contribution in [0.15, 0.2) is 18.2 Å². The molecule has 0 unspecified atom stereocenters. The van der Waals surface area contributed by atoms with E-state index >= 15 is 0 Å². The van der Waals surface area contributed by atoms with Crippen LogP contribution in [-0.4, -0.2) is 18.1 Å². The number of hydrogen-bond donors (Lipinski definition) is 2. The van der Waals surface area contributed by atoms with Crippen LogP contribution in [0.25, 0.3) is 0 Å². The number of phenols is 1. The Labute approximate surface area is 81.2 Å². The Morgan fingerprint density at radius 1 is 1.36 bits per heavy atom. The van der Waals surface area contributed by atoms with E-state index in [1.165, 1.54) is 32.2 Å². The first-order chi connectivity index (χ1) is 6.61. The van der Waals surface area contributed by atoms with E-state index in [0.29, 0.717) is 11.5 Å². The van der Waals surface area contributed by atoms with Crippen molar-refractivity contribution >= 4 is 5.91 Å². The Morgan fingerprint density at radius 2 is 2.00 bits per heavy atom. The lowest BCUT2D eigenvalue weighted by atomic mass is 10.3. The summed E-state index contributed by atoms with van der Waals surface area (Å²) in [6.45, 7) is 1.32. The van der Waals surface area contributed by atoms with Crippen molar-refractivity contribution in [2.45, 2.75) is 6.92 Å². The van der Waals surface area contributed by atoms with Crippen molar-refractivity contribution in [1.29, 1.82) is 0 Å². The highest BCUT2D eigenvalue weighted by Crippen LogP contribution is 2.25. The quantitative estimate of drug-likeness (QED) is 0.704. The zero-order chi connectivity index (χ0) is 10.6. The average molecular weight is 197 g/mol. The van der Waals surface area contributed by atoms with E-state index in [-0.39, 0.29) is 11.7 Å². The third kappa shape index (κ3) is 2.85. The van der Waals surface area contributed by atoms with Crippen LogP contribution in [0.1, 0.15) is 6.92 Å². The van der Waals surface area contributed by atoms with Gasteiger partial charge in [-0.15, -0.1) is 0 Å². The molecule has 0 aliphatic rings. The van der Waals surface area contributed by atoms with Crippen LogP contribution in [0.5, 0.6) is 17.2 Å². The molecule has 0 saturated heterocycles. The maximum Gasteiger partial charge on any atom is 0.249 e. The molecule has 0 aromatic heterocycles.